The molecule has 0 radical (unpaired) electrons. The lowest BCUT2D eigenvalue weighted by atomic mass is 10.1. The molecule has 0 unspecified atom stereocenters. The maximum absolute atomic E-state index is 12.7. The number of sulfonamides is 2. The predicted molar refractivity (Wildman–Crippen MR) is 169 cm³/mol. The van der Waals surface area contributed by atoms with Crippen molar-refractivity contribution in [3.8, 4) is 0 Å². The first kappa shape index (κ1) is 33.4. The summed E-state index contributed by atoms with van der Waals surface area (Å²) >= 11 is 0. The second kappa shape index (κ2) is 14.5. The zero-order chi connectivity index (χ0) is 32.6. The molecule has 240 valence electrons. The Balaban J connectivity index is 1.28. The van der Waals surface area contributed by atoms with Crippen LogP contribution in [0.3, 0.4) is 0 Å². The molecule has 3 aromatic carbocycles. The van der Waals surface area contributed by atoms with Gasteiger partial charge in [0.2, 0.25) is 20.0 Å². The van der Waals surface area contributed by atoms with Gasteiger partial charge in [0.25, 0.3) is 0 Å². The first-order valence-corrected chi connectivity index (χ1v) is 17.0. The standard InChI is InChI=1S/C29H35N7O7S2/c1-2-18-43-29(38)36-16-14-35(15-17-36)27(30)22-4-3-5-24(19-22)34-28(37)33-23-8-12-26(13-9-23)45(41,42)32-20-21-6-10-25(11-7-21)44(31,39)40/h3-13,19,30,32H,2,14-18,20H2,1H3,(H2,31,39,40)(H2,33,34,37). The molecule has 1 heterocycles. The van der Waals surface area contributed by atoms with E-state index in [1.54, 1.807) is 29.2 Å². The first-order valence-electron chi connectivity index (χ1n) is 14.0. The van der Waals surface area contributed by atoms with E-state index < -0.39 is 26.1 Å². The highest BCUT2D eigenvalue weighted by Crippen LogP contribution is 2.18. The molecule has 0 spiro atoms. The Morgan fingerprint density at radius 2 is 1.44 bits per heavy atom. The van der Waals surface area contributed by atoms with E-state index in [4.69, 9.17) is 15.3 Å². The number of nitrogens with two attached hydrogens (primary N) is 1. The van der Waals surface area contributed by atoms with Gasteiger partial charge in [-0.3, -0.25) is 5.41 Å². The average molecular weight is 658 g/mol. The Morgan fingerprint density at radius 3 is 2.07 bits per heavy atom. The van der Waals surface area contributed by atoms with Crippen molar-refractivity contribution in [1.29, 1.82) is 5.41 Å². The van der Waals surface area contributed by atoms with Crippen molar-refractivity contribution < 1.29 is 31.2 Å². The molecule has 1 aliphatic rings. The highest BCUT2D eigenvalue weighted by molar-refractivity contribution is 7.89. The number of urea groups is 1. The summed E-state index contributed by atoms with van der Waals surface area (Å²) < 4.78 is 55.8. The van der Waals surface area contributed by atoms with Crippen LogP contribution < -0.4 is 20.5 Å². The third-order valence-corrected chi connectivity index (χ3v) is 9.16. The van der Waals surface area contributed by atoms with E-state index in [0.29, 0.717) is 55.3 Å². The van der Waals surface area contributed by atoms with Gasteiger partial charge in [-0.2, -0.15) is 0 Å². The van der Waals surface area contributed by atoms with Crippen molar-refractivity contribution in [2.75, 3.05) is 43.4 Å². The molecule has 0 aromatic heterocycles. The Kier molecular flexibility index (Phi) is 10.8. The number of hydrogen-bond acceptors (Lipinski definition) is 8. The number of ether oxygens (including phenoxy) is 1. The molecule has 0 saturated carbocycles. The fourth-order valence-electron chi connectivity index (χ4n) is 4.39. The Labute approximate surface area is 262 Å². The van der Waals surface area contributed by atoms with Gasteiger partial charge in [-0.15, -0.1) is 0 Å². The average Bonchev–Trinajstić information content (AvgIpc) is 3.02. The summed E-state index contributed by atoms with van der Waals surface area (Å²) in [5.41, 5.74) is 1.94. The molecule has 0 aliphatic carbocycles. The monoisotopic (exact) mass is 657 g/mol. The number of nitrogens with one attached hydrogen (secondary N) is 4. The van der Waals surface area contributed by atoms with Crippen LogP contribution in [0.1, 0.15) is 24.5 Å². The number of rotatable bonds is 10. The Morgan fingerprint density at radius 1 is 0.844 bits per heavy atom. The third kappa shape index (κ3) is 9.24. The van der Waals surface area contributed by atoms with Crippen LogP contribution in [0.2, 0.25) is 0 Å². The quantitative estimate of drug-likeness (QED) is 0.162. The summed E-state index contributed by atoms with van der Waals surface area (Å²) in [4.78, 5) is 28.1. The highest BCUT2D eigenvalue weighted by Gasteiger charge is 2.24. The van der Waals surface area contributed by atoms with Crippen LogP contribution in [0.25, 0.3) is 0 Å². The Hall–Kier alpha value is -4.51. The number of nitrogens with zero attached hydrogens (tertiary/aromatic N) is 2. The highest BCUT2D eigenvalue weighted by atomic mass is 32.2. The number of primary sulfonamides is 1. The molecule has 1 saturated heterocycles. The van der Waals surface area contributed by atoms with Crippen LogP contribution in [-0.2, 0) is 31.3 Å². The maximum atomic E-state index is 12.7. The molecule has 0 bridgehead atoms. The third-order valence-electron chi connectivity index (χ3n) is 6.82. The molecule has 0 atom stereocenters. The second-order valence-electron chi connectivity index (χ2n) is 10.1. The molecule has 1 fully saturated rings. The van der Waals surface area contributed by atoms with Crippen molar-refractivity contribution in [1.82, 2.24) is 14.5 Å². The van der Waals surface area contributed by atoms with E-state index in [0.717, 1.165) is 6.42 Å². The number of benzene rings is 3. The molecule has 4 rings (SSSR count). The summed E-state index contributed by atoms with van der Waals surface area (Å²) in [6.45, 7) is 4.08. The van der Waals surface area contributed by atoms with E-state index in [2.05, 4.69) is 15.4 Å². The number of piperazine rings is 1. The minimum absolute atomic E-state index is 0.0282. The van der Waals surface area contributed by atoms with Crippen LogP contribution in [0.15, 0.2) is 82.6 Å². The van der Waals surface area contributed by atoms with Crippen molar-refractivity contribution in [2.45, 2.75) is 29.7 Å². The van der Waals surface area contributed by atoms with Gasteiger partial charge >= 0.3 is 12.1 Å². The predicted octanol–water partition coefficient (Wildman–Crippen LogP) is 2.95. The van der Waals surface area contributed by atoms with E-state index >= 15 is 0 Å². The van der Waals surface area contributed by atoms with Gasteiger partial charge in [-0.25, -0.2) is 36.3 Å². The number of carbonyl (C=O) groups excluding carboxylic acids is 2. The normalized spacial score (nSPS) is 13.6. The number of carbonyl (C=O) groups is 2. The van der Waals surface area contributed by atoms with Gasteiger partial charge < -0.3 is 25.2 Å². The first-order chi connectivity index (χ1) is 21.4. The van der Waals surface area contributed by atoms with Gasteiger partial charge in [-0.1, -0.05) is 31.2 Å². The van der Waals surface area contributed by atoms with Crippen LogP contribution in [0.4, 0.5) is 21.0 Å². The molecule has 3 amide bonds. The van der Waals surface area contributed by atoms with Crippen molar-refractivity contribution in [2.24, 2.45) is 5.14 Å². The van der Waals surface area contributed by atoms with Crippen molar-refractivity contribution in [3.05, 3.63) is 83.9 Å². The largest absolute Gasteiger partial charge is 0.449 e. The lowest BCUT2D eigenvalue weighted by Gasteiger charge is -2.35. The topological polar surface area (TPSA) is 204 Å². The number of amidine groups is 1. The van der Waals surface area contributed by atoms with Gasteiger partial charge in [0, 0.05) is 49.7 Å². The molecular formula is C29H35N7O7S2. The van der Waals surface area contributed by atoms with E-state index in [9.17, 15) is 26.4 Å². The van der Waals surface area contributed by atoms with E-state index in [-0.39, 0.29) is 28.3 Å². The lowest BCUT2D eigenvalue weighted by Crippen LogP contribution is -2.50. The zero-order valence-electron chi connectivity index (χ0n) is 24.5. The summed E-state index contributed by atoms with van der Waals surface area (Å²) in [5, 5.41) is 19.1. The molecule has 1 aliphatic heterocycles. The van der Waals surface area contributed by atoms with Gasteiger partial charge in [0.05, 0.1) is 16.4 Å². The minimum Gasteiger partial charge on any atom is -0.449 e. The van der Waals surface area contributed by atoms with E-state index in [1.165, 1.54) is 48.5 Å². The SMILES string of the molecule is CCCOC(=O)N1CCN(C(=N)c2cccc(NC(=O)Nc3ccc(S(=O)(=O)NCc4ccc(S(N)(=O)=O)cc4)cc3)c2)CC1. The summed E-state index contributed by atoms with van der Waals surface area (Å²) in [5.74, 6) is 0.270. The van der Waals surface area contributed by atoms with Crippen LogP contribution in [0.5, 0.6) is 0 Å². The molecule has 14 nitrogen and oxygen atoms in total. The maximum Gasteiger partial charge on any atom is 0.409 e. The summed E-state index contributed by atoms with van der Waals surface area (Å²) in [7, 11) is -7.74. The fourth-order valence-corrected chi connectivity index (χ4v) is 5.92. The van der Waals surface area contributed by atoms with Crippen molar-refractivity contribution in [3.63, 3.8) is 0 Å². The molecule has 3 aromatic rings. The molecule has 45 heavy (non-hydrogen) atoms. The number of amides is 3. The van der Waals surface area contributed by atoms with Crippen LogP contribution >= 0.6 is 0 Å². The Bertz CT molecular complexity index is 1740. The zero-order valence-corrected chi connectivity index (χ0v) is 26.2. The van der Waals surface area contributed by atoms with E-state index in [1.807, 2.05) is 11.8 Å². The molecule has 6 N–H and O–H groups in total. The number of hydrogen-bond donors (Lipinski definition) is 5. The summed E-state index contributed by atoms with van der Waals surface area (Å²) in [6, 6.07) is 17.4. The van der Waals surface area contributed by atoms with Crippen LogP contribution in [0, 0.1) is 5.41 Å². The fraction of sp³-hybridized carbons (Fsp3) is 0.276. The number of anilines is 2. The second-order valence-corrected chi connectivity index (χ2v) is 13.5. The smallest absolute Gasteiger partial charge is 0.409 e. The summed E-state index contributed by atoms with van der Waals surface area (Å²) in [6.07, 6.45) is 0.404. The molecule has 16 heteroatoms. The molecular weight excluding hydrogens is 622 g/mol. The van der Waals surface area contributed by atoms with Gasteiger partial charge in [0.15, 0.2) is 0 Å². The van der Waals surface area contributed by atoms with Gasteiger partial charge in [0.1, 0.15) is 5.84 Å². The van der Waals surface area contributed by atoms with Crippen molar-refractivity contribution >= 4 is 49.4 Å². The lowest BCUT2D eigenvalue weighted by molar-refractivity contribution is 0.0879. The minimum atomic E-state index is -3.90. The van der Waals surface area contributed by atoms with Gasteiger partial charge in [-0.05, 0) is 60.5 Å². The van der Waals surface area contributed by atoms with Crippen LogP contribution in [-0.4, -0.2) is 77.4 Å².